The van der Waals surface area contributed by atoms with Gasteiger partial charge in [-0.2, -0.15) is 0 Å². The molecule has 12 heteroatoms. The van der Waals surface area contributed by atoms with E-state index in [0.29, 0.717) is 0 Å². The molecular weight excluding hydrogens is 286 g/mol. The zero-order valence-corrected chi connectivity index (χ0v) is 11.5. The van der Waals surface area contributed by atoms with Crippen molar-refractivity contribution in [1.82, 2.24) is 0 Å². The summed E-state index contributed by atoms with van der Waals surface area (Å²) in [5.41, 5.74) is 0. The van der Waals surface area contributed by atoms with Crippen molar-refractivity contribution < 1.29 is 70.0 Å². The first kappa shape index (κ1) is 18.9. The fourth-order valence-corrected chi connectivity index (χ4v) is 1.12. The van der Waals surface area contributed by atoms with Crippen molar-refractivity contribution in [1.29, 1.82) is 0 Å². The second-order valence-electron chi connectivity index (χ2n) is 1.80. The van der Waals surface area contributed by atoms with Crippen molar-refractivity contribution in [2.75, 3.05) is 0 Å². The van der Waals surface area contributed by atoms with Gasteiger partial charge in [0.05, 0.1) is 0 Å². The molecule has 0 saturated carbocycles. The van der Waals surface area contributed by atoms with Crippen molar-refractivity contribution >= 4 is 53.4 Å². The standard InChI is InChI=1S/2C2H2O4.2Li.2Ti/c2*3-1(4)2(5)6;;;;/h2*(H,3,4)(H,5,6);;;;/q;;;;2*+1/p-2. The second-order valence-corrected chi connectivity index (χ2v) is 3.71. The fourth-order valence-electron chi connectivity index (χ4n) is 0.273. The molecule has 0 fully saturated rings. The van der Waals surface area contributed by atoms with Gasteiger partial charge in [0, 0.05) is 0 Å². The average molecular weight is 288 g/mol. The van der Waals surface area contributed by atoms with Gasteiger partial charge in [-0.1, -0.05) is 0 Å². The summed E-state index contributed by atoms with van der Waals surface area (Å²) < 4.78 is 8.38. The molecule has 0 unspecified atom stereocenters. The first-order valence-corrected chi connectivity index (χ1v) is 7.98. The first-order chi connectivity index (χ1) is 7.36. The molecule has 0 spiro atoms. The summed E-state index contributed by atoms with van der Waals surface area (Å²) >= 11 is 1.72. The number of aliphatic carboxylic acids is 2. The topological polar surface area (TPSA) is 127 Å². The van der Waals surface area contributed by atoms with Crippen LogP contribution in [0, 0.1) is 0 Å². The van der Waals surface area contributed by atoms with Gasteiger partial charge in [-0.25, -0.2) is 0 Å². The van der Waals surface area contributed by atoms with Gasteiger partial charge in [0.2, 0.25) is 0 Å². The number of carboxylic acid groups (broad SMARTS) is 2. The second kappa shape index (κ2) is 12.0. The number of carbonyl (C=O) groups is 4. The molecule has 0 amide bonds. The van der Waals surface area contributed by atoms with Crippen LogP contribution in [0.25, 0.3) is 0 Å². The van der Waals surface area contributed by atoms with Gasteiger partial charge in [0.1, 0.15) is 0 Å². The summed E-state index contributed by atoms with van der Waals surface area (Å²) in [6.45, 7) is 0. The molecule has 0 saturated heterocycles. The van der Waals surface area contributed by atoms with Gasteiger partial charge in [0.25, 0.3) is 0 Å². The summed E-state index contributed by atoms with van der Waals surface area (Å²) in [7, 11) is 0. The fraction of sp³-hybridized carbons (Fsp3) is 0. The zero-order chi connectivity index (χ0) is 13.1. The Hall–Kier alpha value is 0.503. The third-order valence-corrected chi connectivity index (χ3v) is 1.96. The Kier molecular flexibility index (Phi) is 14.1. The number of hydrogen-bond acceptors (Lipinski definition) is 6. The van der Waals surface area contributed by atoms with Crippen LogP contribution in [0.3, 0.4) is 0 Å². The van der Waals surface area contributed by atoms with Crippen LogP contribution in [-0.4, -0.2) is 63.6 Å². The van der Waals surface area contributed by atoms with Crippen LogP contribution in [0.2, 0.25) is 0 Å². The Morgan fingerprint density at radius 1 is 0.812 bits per heavy atom. The van der Waals surface area contributed by atoms with Crippen LogP contribution >= 0.6 is 0 Å². The maximum atomic E-state index is 9.95. The van der Waals surface area contributed by atoms with Crippen molar-refractivity contribution in [3.05, 3.63) is 0 Å². The van der Waals surface area contributed by atoms with Crippen LogP contribution in [0.5, 0.6) is 0 Å². The van der Waals surface area contributed by atoms with Crippen LogP contribution in [0.4, 0.5) is 0 Å². The van der Waals surface area contributed by atoms with Crippen molar-refractivity contribution in [3.8, 4) is 0 Å². The summed E-state index contributed by atoms with van der Waals surface area (Å²) in [5.74, 6) is -5.33. The molecular formula is C4H2Li2O8Ti2. The first-order valence-electron chi connectivity index (χ1n) is 3.58. The molecule has 0 radical (unpaired) electrons. The predicted octanol–water partition coefficient (Wildman–Crippen LogP) is -2.61. The van der Waals surface area contributed by atoms with Crippen molar-refractivity contribution in [2.24, 2.45) is 0 Å². The van der Waals surface area contributed by atoms with Crippen LogP contribution in [-0.2, 0) is 59.8 Å². The maximum absolute atomic E-state index is 9.95. The van der Waals surface area contributed by atoms with Gasteiger partial charge in [0.15, 0.2) is 0 Å². The molecule has 0 atom stereocenters. The van der Waals surface area contributed by atoms with E-state index in [9.17, 15) is 19.2 Å². The third-order valence-electron chi connectivity index (χ3n) is 0.739. The van der Waals surface area contributed by atoms with Crippen LogP contribution < -0.4 is 0 Å². The van der Waals surface area contributed by atoms with E-state index in [1.54, 1.807) is 29.5 Å². The Bertz CT molecular complexity index is 253. The monoisotopic (exact) mass is 288 g/mol. The van der Waals surface area contributed by atoms with E-state index in [-0.39, 0.29) is 0 Å². The number of rotatable bonds is 2. The summed E-state index contributed by atoms with van der Waals surface area (Å²) in [6, 6.07) is 0. The van der Waals surface area contributed by atoms with E-state index in [0.717, 1.165) is 0 Å². The van der Waals surface area contributed by atoms with Crippen LogP contribution in [0.1, 0.15) is 0 Å². The molecule has 0 aliphatic heterocycles. The van der Waals surface area contributed by atoms with Gasteiger partial charge < -0.3 is 0 Å². The normalized spacial score (nSPS) is 7.75. The Labute approximate surface area is 122 Å². The summed E-state index contributed by atoms with van der Waals surface area (Å²) in [4.78, 5) is 39.2. The molecule has 8 nitrogen and oxygen atoms in total. The molecule has 76 valence electrons. The van der Waals surface area contributed by atoms with Crippen molar-refractivity contribution in [3.63, 3.8) is 0 Å². The number of hydrogen-bond donors (Lipinski definition) is 2. The minimum atomic E-state index is -1.52. The average Bonchev–Trinajstić information content (AvgIpc) is 2.19. The van der Waals surface area contributed by atoms with Crippen molar-refractivity contribution in [2.45, 2.75) is 0 Å². The van der Waals surface area contributed by atoms with Gasteiger partial charge in [-0.05, 0) is 0 Å². The third kappa shape index (κ3) is 12.6. The Morgan fingerprint density at radius 3 is 1.12 bits per heavy atom. The SMILES string of the molecule is [Li][Ti][O]C(=O)C(=O)O.[Li][Ti][O]C(=O)C(=O)O. The molecule has 0 aromatic carbocycles. The molecule has 0 aliphatic rings. The van der Waals surface area contributed by atoms with E-state index >= 15 is 0 Å². The molecule has 0 rings (SSSR count). The van der Waals surface area contributed by atoms with E-state index in [1.165, 1.54) is 0 Å². The van der Waals surface area contributed by atoms with E-state index in [2.05, 4.69) is 6.64 Å². The van der Waals surface area contributed by atoms with E-state index in [1.807, 2.05) is 0 Å². The summed E-state index contributed by atoms with van der Waals surface area (Å²) in [5, 5.41) is 15.7. The molecule has 16 heavy (non-hydrogen) atoms. The van der Waals surface area contributed by atoms with Gasteiger partial charge in [-0.15, -0.1) is 0 Å². The molecule has 0 heterocycles. The zero-order valence-electron chi connectivity index (χ0n) is 8.34. The molecule has 2 N–H and O–H groups in total. The van der Waals surface area contributed by atoms with Gasteiger partial charge >= 0.3 is 123 Å². The molecule has 0 aromatic rings. The predicted molar refractivity (Wildman–Crippen MR) is 39.0 cm³/mol. The van der Waals surface area contributed by atoms with E-state index < -0.39 is 57.9 Å². The number of carbonyl (C=O) groups excluding carboxylic acids is 2. The Morgan fingerprint density at radius 2 is 1.06 bits per heavy atom. The quantitative estimate of drug-likeness (QED) is 0.418. The molecule has 0 bridgehead atoms. The minimum absolute atomic E-state index is 0.806. The van der Waals surface area contributed by atoms with E-state index in [4.69, 9.17) is 10.2 Å². The summed E-state index contributed by atoms with van der Waals surface area (Å²) in [6.07, 6.45) is 0. The van der Waals surface area contributed by atoms with Gasteiger partial charge in [-0.3, -0.25) is 0 Å². The molecule has 0 aromatic heterocycles. The Balaban J connectivity index is 0. The molecule has 0 aliphatic carbocycles. The van der Waals surface area contributed by atoms with Crippen LogP contribution in [0.15, 0.2) is 0 Å². The number of carboxylic acids is 2.